The number of aromatic amines is 1. The number of rotatable bonds is 2. The summed E-state index contributed by atoms with van der Waals surface area (Å²) in [5.74, 6) is -0.442. The van der Waals surface area contributed by atoms with Crippen LogP contribution in [-0.2, 0) is 0 Å². The van der Waals surface area contributed by atoms with Crippen LogP contribution in [0.1, 0.15) is 17.3 Å². The Morgan fingerprint density at radius 3 is 2.50 bits per heavy atom. The van der Waals surface area contributed by atoms with Gasteiger partial charge in [-0.15, -0.1) is 0 Å². The topological polar surface area (TPSA) is 54.9 Å². The average Bonchev–Trinajstić information content (AvgIpc) is 2.73. The van der Waals surface area contributed by atoms with Crippen molar-refractivity contribution in [1.29, 1.82) is 0 Å². The molecule has 3 aromatic rings. The van der Waals surface area contributed by atoms with Crippen LogP contribution in [0.5, 0.6) is 0 Å². The average molecular weight is 270 g/mol. The molecule has 5 heteroatoms. The number of hydrogen-bond acceptors (Lipinski definition) is 2. The fourth-order valence-electron chi connectivity index (χ4n) is 2.19. The highest BCUT2D eigenvalue weighted by Crippen LogP contribution is 2.17. The number of hydrogen-bond donors (Lipinski definition) is 1. The maximum Gasteiger partial charge on any atom is 0.331 e. The molecule has 0 aliphatic heterocycles. The van der Waals surface area contributed by atoms with Crippen molar-refractivity contribution in [1.82, 2.24) is 9.55 Å². The van der Waals surface area contributed by atoms with E-state index in [-0.39, 0.29) is 11.5 Å². The summed E-state index contributed by atoms with van der Waals surface area (Å²) in [7, 11) is 0. The molecule has 0 saturated carbocycles. The van der Waals surface area contributed by atoms with Crippen molar-refractivity contribution in [2.45, 2.75) is 6.92 Å². The first-order valence-electron chi connectivity index (χ1n) is 6.08. The van der Waals surface area contributed by atoms with Gasteiger partial charge in [-0.2, -0.15) is 0 Å². The van der Waals surface area contributed by atoms with Crippen molar-refractivity contribution in [2.75, 3.05) is 0 Å². The van der Waals surface area contributed by atoms with Crippen molar-refractivity contribution in [3.8, 4) is 5.69 Å². The smallest absolute Gasteiger partial charge is 0.305 e. The minimum Gasteiger partial charge on any atom is -0.305 e. The zero-order valence-corrected chi connectivity index (χ0v) is 10.7. The Morgan fingerprint density at radius 1 is 1.15 bits per heavy atom. The molecule has 0 unspecified atom stereocenters. The van der Waals surface area contributed by atoms with Crippen LogP contribution in [0, 0.1) is 5.82 Å². The van der Waals surface area contributed by atoms with Gasteiger partial charge in [0, 0.05) is 5.56 Å². The third kappa shape index (κ3) is 1.93. The van der Waals surface area contributed by atoms with Gasteiger partial charge in [0.25, 0.3) is 0 Å². The fraction of sp³-hybridized carbons (Fsp3) is 0.0667. The number of fused-ring (bicyclic) bond motifs is 1. The van der Waals surface area contributed by atoms with Crippen molar-refractivity contribution < 1.29 is 9.18 Å². The number of aromatic nitrogens is 2. The molecular weight excluding hydrogens is 259 g/mol. The molecule has 0 radical (unpaired) electrons. The number of carbonyl (C=O) groups excluding carboxylic acids is 1. The van der Waals surface area contributed by atoms with E-state index in [4.69, 9.17) is 0 Å². The molecule has 0 atom stereocenters. The van der Waals surface area contributed by atoms with Crippen LogP contribution in [0.4, 0.5) is 4.39 Å². The maximum atomic E-state index is 13.2. The largest absolute Gasteiger partial charge is 0.331 e. The number of benzene rings is 2. The Labute approximate surface area is 113 Å². The summed E-state index contributed by atoms with van der Waals surface area (Å²) >= 11 is 0. The van der Waals surface area contributed by atoms with Crippen LogP contribution < -0.4 is 5.69 Å². The lowest BCUT2D eigenvalue weighted by molar-refractivity contribution is 0.101. The first-order valence-corrected chi connectivity index (χ1v) is 6.08. The van der Waals surface area contributed by atoms with E-state index in [0.717, 1.165) is 0 Å². The zero-order chi connectivity index (χ0) is 14.3. The van der Waals surface area contributed by atoms with E-state index in [2.05, 4.69) is 4.98 Å². The normalized spacial score (nSPS) is 10.9. The third-order valence-corrected chi connectivity index (χ3v) is 3.18. The summed E-state index contributed by atoms with van der Waals surface area (Å²) in [6.07, 6.45) is 0. The predicted molar refractivity (Wildman–Crippen MR) is 73.9 cm³/mol. The summed E-state index contributed by atoms with van der Waals surface area (Å²) in [6.45, 7) is 1.48. The Kier molecular flexibility index (Phi) is 2.75. The fourth-order valence-corrected chi connectivity index (χ4v) is 2.19. The van der Waals surface area contributed by atoms with Crippen LogP contribution in [-0.4, -0.2) is 15.3 Å². The number of H-pyrrole nitrogens is 1. The van der Waals surface area contributed by atoms with Gasteiger partial charge in [-0.1, -0.05) is 0 Å². The van der Waals surface area contributed by atoms with Gasteiger partial charge in [-0.05, 0) is 49.4 Å². The van der Waals surface area contributed by atoms with E-state index in [0.29, 0.717) is 22.3 Å². The Hall–Kier alpha value is -2.69. The van der Waals surface area contributed by atoms with Gasteiger partial charge in [0.1, 0.15) is 5.82 Å². The lowest BCUT2D eigenvalue weighted by atomic mass is 10.1. The lowest BCUT2D eigenvalue weighted by Gasteiger charge is -2.04. The van der Waals surface area contributed by atoms with Crippen LogP contribution in [0.2, 0.25) is 0 Å². The first-order chi connectivity index (χ1) is 9.56. The molecule has 3 rings (SSSR count). The van der Waals surface area contributed by atoms with Gasteiger partial charge in [-0.25, -0.2) is 9.18 Å². The predicted octanol–water partition coefficient (Wildman–Crippen LogP) is 2.66. The van der Waals surface area contributed by atoms with E-state index in [9.17, 15) is 14.0 Å². The minimum atomic E-state index is -0.405. The Balaban J connectivity index is 2.21. The number of halogens is 1. The molecule has 1 N–H and O–H groups in total. The lowest BCUT2D eigenvalue weighted by Crippen LogP contribution is -2.14. The molecule has 4 nitrogen and oxygen atoms in total. The molecule has 20 heavy (non-hydrogen) atoms. The molecule has 100 valence electrons. The van der Waals surface area contributed by atoms with Crippen molar-refractivity contribution in [2.24, 2.45) is 0 Å². The van der Waals surface area contributed by atoms with E-state index < -0.39 is 5.82 Å². The van der Waals surface area contributed by atoms with Gasteiger partial charge in [0.15, 0.2) is 5.78 Å². The Morgan fingerprint density at radius 2 is 1.85 bits per heavy atom. The molecular formula is C15H11FN2O2. The summed E-state index contributed by atoms with van der Waals surface area (Å²) in [6, 6.07) is 10.8. The van der Waals surface area contributed by atoms with Gasteiger partial charge in [0.2, 0.25) is 0 Å². The van der Waals surface area contributed by atoms with Crippen LogP contribution in [0.15, 0.2) is 47.3 Å². The molecule has 1 heterocycles. The number of carbonyl (C=O) groups is 1. The van der Waals surface area contributed by atoms with Gasteiger partial charge in [0.05, 0.1) is 16.7 Å². The van der Waals surface area contributed by atoms with Crippen LogP contribution >= 0.6 is 0 Å². The van der Waals surface area contributed by atoms with E-state index in [1.807, 2.05) is 0 Å². The van der Waals surface area contributed by atoms with Gasteiger partial charge in [-0.3, -0.25) is 9.36 Å². The number of ketones is 1. The van der Waals surface area contributed by atoms with Crippen LogP contribution in [0.3, 0.4) is 0 Å². The summed E-state index contributed by atoms with van der Waals surface area (Å²) in [5.41, 5.74) is 1.88. The molecule has 0 bridgehead atoms. The number of nitrogens with one attached hydrogen (secondary N) is 1. The van der Waals surface area contributed by atoms with Crippen molar-refractivity contribution >= 4 is 16.8 Å². The van der Waals surface area contributed by atoms with Gasteiger partial charge >= 0.3 is 5.69 Å². The zero-order valence-electron chi connectivity index (χ0n) is 10.7. The van der Waals surface area contributed by atoms with Crippen molar-refractivity contribution in [3.05, 3.63) is 64.3 Å². The maximum absolute atomic E-state index is 13.2. The molecule has 0 saturated heterocycles. The standard InChI is InChI=1S/C15H11FN2O2/c1-9(19)10-2-5-12(6-3-10)18-14-7-4-11(16)8-13(14)17-15(18)20/h2-8H,1H3,(H,17,20). The highest BCUT2D eigenvalue weighted by molar-refractivity contribution is 5.94. The highest BCUT2D eigenvalue weighted by atomic mass is 19.1. The second-order valence-corrected chi connectivity index (χ2v) is 4.53. The third-order valence-electron chi connectivity index (χ3n) is 3.18. The van der Waals surface area contributed by atoms with E-state index in [1.165, 1.54) is 23.6 Å². The minimum absolute atomic E-state index is 0.0371. The second kappa shape index (κ2) is 4.45. The molecule has 0 aliphatic carbocycles. The quantitative estimate of drug-likeness (QED) is 0.728. The number of Topliss-reactive ketones (excluding diaryl/α,β-unsaturated/α-hetero) is 1. The number of imidazole rings is 1. The first kappa shape index (κ1) is 12.3. The molecule has 0 spiro atoms. The molecule has 0 aliphatic rings. The van der Waals surface area contributed by atoms with E-state index in [1.54, 1.807) is 30.3 Å². The summed E-state index contributed by atoms with van der Waals surface area (Å²) in [5, 5.41) is 0. The summed E-state index contributed by atoms with van der Waals surface area (Å²) < 4.78 is 14.6. The molecule has 0 amide bonds. The number of nitrogens with zero attached hydrogens (tertiary/aromatic N) is 1. The molecule has 1 aromatic heterocycles. The van der Waals surface area contributed by atoms with Crippen LogP contribution in [0.25, 0.3) is 16.7 Å². The second-order valence-electron chi connectivity index (χ2n) is 4.53. The summed E-state index contributed by atoms with van der Waals surface area (Å²) in [4.78, 5) is 25.8. The SMILES string of the molecule is CC(=O)c1ccc(-n2c(=O)[nH]c3cc(F)ccc32)cc1. The monoisotopic (exact) mass is 270 g/mol. The highest BCUT2D eigenvalue weighted by Gasteiger charge is 2.09. The van der Waals surface area contributed by atoms with Crippen molar-refractivity contribution in [3.63, 3.8) is 0 Å². The molecule has 0 fully saturated rings. The van der Waals surface area contributed by atoms with E-state index >= 15 is 0 Å². The van der Waals surface area contributed by atoms with Gasteiger partial charge < -0.3 is 4.98 Å². The Bertz CT molecular complexity index is 860. The molecule has 2 aromatic carbocycles.